The van der Waals surface area contributed by atoms with Crippen LogP contribution in [0.15, 0.2) is 29.4 Å². The molecule has 0 amide bonds. The first-order valence-electron chi connectivity index (χ1n) is 8.01. The van der Waals surface area contributed by atoms with E-state index < -0.39 is 0 Å². The predicted molar refractivity (Wildman–Crippen MR) is 101 cm³/mol. The van der Waals surface area contributed by atoms with Gasteiger partial charge in [-0.05, 0) is 57.6 Å². The summed E-state index contributed by atoms with van der Waals surface area (Å²) in [4.78, 5) is 3.25. The van der Waals surface area contributed by atoms with Gasteiger partial charge >= 0.3 is 0 Å². The molecule has 0 aliphatic rings. The highest BCUT2D eigenvalue weighted by Crippen LogP contribution is 2.19. The van der Waals surface area contributed by atoms with Gasteiger partial charge in [-0.3, -0.25) is 0 Å². The summed E-state index contributed by atoms with van der Waals surface area (Å²) in [5.41, 5.74) is 5.45. The van der Waals surface area contributed by atoms with Gasteiger partial charge in [-0.1, -0.05) is 17.7 Å². The fourth-order valence-corrected chi connectivity index (χ4v) is 2.84. The van der Waals surface area contributed by atoms with Crippen molar-refractivity contribution in [1.82, 2.24) is 19.9 Å². The van der Waals surface area contributed by atoms with Crippen molar-refractivity contribution in [3.05, 3.63) is 62.9 Å². The molecule has 2 heterocycles. The van der Waals surface area contributed by atoms with E-state index in [1.165, 1.54) is 5.56 Å². The Kier molecular flexibility index (Phi) is 4.85. The molecule has 0 radical (unpaired) electrons. The standard InChI is InChI=1S/C18H21N5OS/c1-11-5-6-16(12(2)7-11)24-10-17-21-22-18(25)23(17)19-9-15-8-13(3)20-14(15)4/h5-9,20H,10H2,1-4H3,(H,22,25)/b19-9+. The van der Waals surface area contributed by atoms with Crippen LogP contribution in [0.2, 0.25) is 0 Å². The monoisotopic (exact) mass is 355 g/mol. The van der Waals surface area contributed by atoms with Crippen LogP contribution in [-0.2, 0) is 6.61 Å². The summed E-state index contributed by atoms with van der Waals surface area (Å²) in [6.07, 6.45) is 1.77. The normalized spacial score (nSPS) is 11.4. The molecule has 0 spiro atoms. The Morgan fingerprint density at radius 1 is 1.24 bits per heavy atom. The molecule has 25 heavy (non-hydrogen) atoms. The summed E-state index contributed by atoms with van der Waals surface area (Å²) in [6.45, 7) is 8.37. The number of ether oxygens (including phenoxy) is 1. The molecule has 7 heteroatoms. The average Bonchev–Trinajstić information content (AvgIpc) is 3.06. The van der Waals surface area contributed by atoms with Crippen LogP contribution in [0.25, 0.3) is 0 Å². The average molecular weight is 355 g/mol. The summed E-state index contributed by atoms with van der Waals surface area (Å²) in [6, 6.07) is 8.11. The Hall–Kier alpha value is -2.67. The Morgan fingerprint density at radius 3 is 2.72 bits per heavy atom. The number of aryl methyl sites for hydroxylation is 4. The van der Waals surface area contributed by atoms with Gasteiger partial charge in [0.2, 0.25) is 4.77 Å². The lowest BCUT2D eigenvalue weighted by atomic mass is 10.1. The summed E-state index contributed by atoms with van der Waals surface area (Å²) in [5, 5.41) is 11.4. The lowest BCUT2D eigenvalue weighted by Crippen LogP contribution is -2.05. The minimum Gasteiger partial charge on any atom is -0.485 e. The zero-order valence-corrected chi connectivity index (χ0v) is 15.6. The second-order valence-corrected chi connectivity index (χ2v) is 6.48. The molecule has 0 saturated carbocycles. The first kappa shape index (κ1) is 17.2. The largest absolute Gasteiger partial charge is 0.485 e. The van der Waals surface area contributed by atoms with Gasteiger partial charge in [0.15, 0.2) is 5.82 Å². The lowest BCUT2D eigenvalue weighted by molar-refractivity contribution is 0.288. The van der Waals surface area contributed by atoms with E-state index in [0.29, 0.717) is 10.6 Å². The molecule has 0 aliphatic heterocycles. The number of rotatable bonds is 5. The first-order chi connectivity index (χ1) is 11.9. The van der Waals surface area contributed by atoms with Crippen LogP contribution in [0.5, 0.6) is 5.75 Å². The van der Waals surface area contributed by atoms with Gasteiger partial charge in [-0.15, -0.1) is 0 Å². The maximum atomic E-state index is 5.88. The Balaban J connectivity index is 1.80. The third-order valence-electron chi connectivity index (χ3n) is 3.91. The fraction of sp³-hybridized carbons (Fsp3) is 0.278. The number of benzene rings is 1. The minimum atomic E-state index is 0.277. The lowest BCUT2D eigenvalue weighted by Gasteiger charge is -2.09. The molecule has 0 atom stereocenters. The van der Waals surface area contributed by atoms with E-state index in [0.717, 1.165) is 28.3 Å². The predicted octanol–water partition coefficient (Wildman–Crippen LogP) is 3.96. The Labute approximate surface area is 151 Å². The second-order valence-electron chi connectivity index (χ2n) is 6.09. The molecule has 130 valence electrons. The van der Waals surface area contributed by atoms with E-state index in [1.54, 1.807) is 10.9 Å². The molecule has 3 aromatic rings. The highest BCUT2D eigenvalue weighted by atomic mass is 32.1. The zero-order chi connectivity index (χ0) is 18.0. The van der Waals surface area contributed by atoms with Gasteiger partial charge in [0.1, 0.15) is 12.4 Å². The van der Waals surface area contributed by atoms with Crippen LogP contribution < -0.4 is 4.74 Å². The summed E-state index contributed by atoms with van der Waals surface area (Å²) >= 11 is 5.27. The van der Waals surface area contributed by atoms with Crippen LogP contribution in [0.3, 0.4) is 0 Å². The minimum absolute atomic E-state index is 0.277. The zero-order valence-electron chi connectivity index (χ0n) is 14.8. The van der Waals surface area contributed by atoms with Crippen LogP contribution in [0.1, 0.15) is 33.9 Å². The van der Waals surface area contributed by atoms with Crippen molar-refractivity contribution in [3.63, 3.8) is 0 Å². The molecule has 6 nitrogen and oxygen atoms in total. The first-order valence-corrected chi connectivity index (χ1v) is 8.42. The number of H-pyrrole nitrogens is 2. The SMILES string of the molecule is Cc1ccc(OCc2n[nH]c(=S)n2/N=C/c2cc(C)[nH]c2C)c(C)c1. The highest BCUT2D eigenvalue weighted by Gasteiger charge is 2.08. The summed E-state index contributed by atoms with van der Waals surface area (Å²) in [5.74, 6) is 1.44. The van der Waals surface area contributed by atoms with E-state index in [1.807, 2.05) is 39.0 Å². The third kappa shape index (κ3) is 3.88. The van der Waals surface area contributed by atoms with Crippen molar-refractivity contribution < 1.29 is 4.74 Å². The topological polar surface area (TPSA) is 71.0 Å². The van der Waals surface area contributed by atoms with Crippen LogP contribution in [0.4, 0.5) is 0 Å². The van der Waals surface area contributed by atoms with Crippen LogP contribution in [0, 0.1) is 32.5 Å². The smallest absolute Gasteiger partial charge is 0.216 e. The quantitative estimate of drug-likeness (QED) is 0.537. The molecule has 2 N–H and O–H groups in total. The van der Waals surface area contributed by atoms with Crippen LogP contribution >= 0.6 is 12.2 Å². The van der Waals surface area contributed by atoms with Gasteiger partial charge in [-0.2, -0.15) is 14.9 Å². The molecular weight excluding hydrogens is 334 g/mol. The molecule has 1 aromatic carbocycles. The maximum Gasteiger partial charge on any atom is 0.216 e. The molecular formula is C18H21N5OS. The highest BCUT2D eigenvalue weighted by molar-refractivity contribution is 7.71. The van der Waals surface area contributed by atoms with Gasteiger partial charge in [0.05, 0.1) is 6.21 Å². The van der Waals surface area contributed by atoms with Gasteiger partial charge in [-0.25, -0.2) is 5.10 Å². The molecule has 0 bridgehead atoms. The van der Waals surface area contributed by atoms with Crippen molar-refractivity contribution in [2.45, 2.75) is 34.3 Å². The third-order valence-corrected chi connectivity index (χ3v) is 4.17. The van der Waals surface area contributed by atoms with Crippen molar-refractivity contribution in [1.29, 1.82) is 0 Å². The van der Waals surface area contributed by atoms with Crippen molar-refractivity contribution in [3.8, 4) is 5.75 Å². The van der Waals surface area contributed by atoms with Gasteiger partial charge < -0.3 is 9.72 Å². The number of nitrogens with one attached hydrogen (secondary N) is 2. The number of hydrogen-bond acceptors (Lipinski definition) is 4. The second kappa shape index (κ2) is 7.06. The van der Waals surface area contributed by atoms with E-state index in [-0.39, 0.29) is 6.61 Å². The molecule has 0 fully saturated rings. The molecule has 0 unspecified atom stereocenters. The number of aromatic nitrogens is 4. The Morgan fingerprint density at radius 2 is 2.04 bits per heavy atom. The van der Waals surface area contributed by atoms with Crippen LogP contribution in [-0.4, -0.2) is 26.1 Å². The Bertz CT molecular complexity index is 980. The van der Waals surface area contributed by atoms with E-state index in [2.05, 4.69) is 33.3 Å². The van der Waals surface area contributed by atoms with Crippen molar-refractivity contribution >= 4 is 18.4 Å². The van der Waals surface area contributed by atoms with Crippen molar-refractivity contribution in [2.75, 3.05) is 0 Å². The van der Waals surface area contributed by atoms with Gasteiger partial charge in [0.25, 0.3) is 0 Å². The fourth-order valence-electron chi connectivity index (χ4n) is 2.64. The van der Waals surface area contributed by atoms with E-state index in [4.69, 9.17) is 17.0 Å². The summed E-state index contributed by atoms with van der Waals surface area (Å²) < 4.78 is 7.90. The number of aromatic amines is 2. The van der Waals surface area contributed by atoms with E-state index in [9.17, 15) is 0 Å². The maximum absolute atomic E-state index is 5.88. The number of nitrogens with zero attached hydrogens (tertiary/aromatic N) is 3. The molecule has 2 aromatic heterocycles. The molecule has 3 rings (SSSR count). The van der Waals surface area contributed by atoms with E-state index >= 15 is 0 Å². The summed E-state index contributed by atoms with van der Waals surface area (Å²) in [7, 11) is 0. The molecule has 0 saturated heterocycles. The van der Waals surface area contributed by atoms with Gasteiger partial charge in [0, 0.05) is 17.0 Å². The van der Waals surface area contributed by atoms with Crippen molar-refractivity contribution in [2.24, 2.45) is 5.10 Å². The number of hydrogen-bond donors (Lipinski definition) is 2. The molecule has 0 aliphatic carbocycles.